The maximum atomic E-state index is 13.3. The van der Waals surface area contributed by atoms with E-state index in [9.17, 15) is 9.59 Å². The number of nitrogens with zero attached hydrogens (tertiary/aromatic N) is 5. The van der Waals surface area contributed by atoms with Crippen molar-refractivity contribution in [1.82, 2.24) is 19.6 Å². The summed E-state index contributed by atoms with van der Waals surface area (Å²) >= 11 is 0. The molecule has 3 aromatic heterocycles. The van der Waals surface area contributed by atoms with Crippen LogP contribution in [0.2, 0.25) is 0 Å². The highest BCUT2D eigenvalue weighted by molar-refractivity contribution is 6.02. The van der Waals surface area contributed by atoms with E-state index < -0.39 is 17.3 Å². The average molecular weight is 497 g/mol. The monoisotopic (exact) mass is 496 g/mol. The van der Waals surface area contributed by atoms with Gasteiger partial charge in [-0.1, -0.05) is 0 Å². The van der Waals surface area contributed by atoms with Crippen molar-refractivity contribution in [3.63, 3.8) is 0 Å². The number of carbonyl (C=O) groups excluding carboxylic acids is 2. The first-order valence-corrected chi connectivity index (χ1v) is 11.8. The molecule has 0 radical (unpaired) electrons. The molecule has 1 N–H and O–H groups in total. The molecular formula is C25H32N6O5. The van der Waals surface area contributed by atoms with Crippen molar-refractivity contribution in [2.45, 2.75) is 57.7 Å². The van der Waals surface area contributed by atoms with Crippen molar-refractivity contribution in [1.29, 1.82) is 0 Å². The van der Waals surface area contributed by atoms with Gasteiger partial charge >= 0.3 is 6.09 Å². The van der Waals surface area contributed by atoms with Crippen molar-refractivity contribution in [3.05, 3.63) is 36.2 Å². The summed E-state index contributed by atoms with van der Waals surface area (Å²) in [5.41, 5.74) is 0.0931. The van der Waals surface area contributed by atoms with Gasteiger partial charge in [-0.3, -0.25) is 9.69 Å². The Morgan fingerprint density at radius 3 is 2.61 bits per heavy atom. The van der Waals surface area contributed by atoms with Crippen LogP contribution in [0.15, 0.2) is 30.6 Å². The van der Waals surface area contributed by atoms with Crippen LogP contribution in [0.25, 0.3) is 5.65 Å². The molecule has 0 atom stereocenters. The third-order valence-corrected chi connectivity index (χ3v) is 6.17. The fourth-order valence-corrected chi connectivity index (χ4v) is 4.07. The van der Waals surface area contributed by atoms with Crippen LogP contribution in [0.3, 0.4) is 0 Å². The lowest BCUT2D eigenvalue weighted by molar-refractivity contribution is -0.0704. The molecule has 4 rings (SSSR count). The van der Waals surface area contributed by atoms with Crippen molar-refractivity contribution in [2.24, 2.45) is 0 Å². The van der Waals surface area contributed by atoms with Gasteiger partial charge in [-0.15, -0.1) is 0 Å². The van der Waals surface area contributed by atoms with Crippen LogP contribution in [-0.2, 0) is 9.47 Å². The van der Waals surface area contributed by atoms with Crippen LogP contribution in [-0.4, -0.2) is 63.9 Å². The summed E-state index contributed by atoms with van der Waals surface area (Å²) in [4.78, 5) is 36.4. The molecule has 11 heteroatoms. The average Bonchev–Trinajstić information content (AvgIpc) is 3.23. The zero-order valence-corrected chi connectivity index (χ0v) is 21.5. The summed E-state index contributed by atoms with van der Waals surface area (Å²) in [5.74, 6) is 0.988. The fourth-order valence-electron chi connectivity index (χ4n) is 4.07. The molecule has 0 saturated heterocycles. The highest BCUT2D eigenvalue weighted by Gasteiger charge is 2.40. The van der Waals surface area contributed by atoms with Crippen LogP contribution in [0.1, 0.15) is 56.8 Å². The second-order valence-electron chi connectivity index (χ2n) is 9.86. The SMILES string of the molecule is COc1ncccc1Nc1cc(N(C)C(=O)OC(C)(C)C)n2ncc(C(=O)CC3(OC)CCC3)c2n1. The summed E-state index contributed by atoms with van der Waals surface area (Å²) in [5, 5.41) is 7.58. The quantitative estimate of drug-likeness (QED) is 0.453. The molecule has 3 aromatic rings. The van der Waals surface area contributed by atoms with Crippen molar-refractivity contribution < 1.29 is 23.8 Å². The van der Waals surface area contributed by atoms with E-state index in [0.717, 1.165) is 19.3 Å². The van der Waals surface area contributed by atoms with Crippen LogP contribution in [0, 0.1) is 0 Å². The lowest BCUT2D eigenvalue weighted by Crippen LogP contribution is -2.41. The first-order valence-electron chi connectivity index (χ1n) is 11.8. The van der Waals surface area contributed by atoms with Crippen molar-refractivity contribution in [3.8, 4) is 5.88 Å². The number of methoxy groups -OCH3 is 2. The zero-order chi connectivity index (χ0) is 26.1. The standard InChI is InChI=1S/C25H32N6O5/c1-24(2,3)36-23(33)30(4)20-13-19(28-17-9-7-12-26-22(17)34-5)29-21-16(15-27-31(20)21)18(32)14-25(35-6)10-8-11-25/h7,9,12-13,15H,8,10-11,14H2,1-6H3,(H,28,29). The Balaban J connectivity index is 1.78. The summed E-state index contributed by atoms with van der Waals surface area (Å²) < 4.78 is 18.0. The minimum Gasteiger partial charge on any atom is -0.480 e. The van der Waals surface area contributed by atoms with Crippen molar-refractivity contribution >= 4 is 34.8 Å². The molecule has 3 heterocycles. The van der Waals surface area contributed by atoms with Gasteiger partial charge in [0.05, 0.1) is 24.5 Å². The minimum atomic E-state index is -0.690. The Bertz CT molecular complexity index is 1270. The Labute approximate surface area is 209 Å². The number of hydrogen-bond acceptors (Lipinski definition) is 9. The number of anilines is 3. The molecule has 1 fully saturated rings. The molecule has 0 spiro atoms. The van der Waals surface area contributed by atoms with E-state index in [1.54, 1.807) is 59.3 Å². The van der Waals surface area contributed by atoms with Gasteiger partial charge in [-0.2, -0.15) is 9.61 Å². The molecule has 36 heavy (non-hydrogen) atoms. The van der Waals surface area contributed by atoms with Gasteiger partial charge in [0.2, 0.25) is 5.88 Å². The smallest absolute Gasteiger partial charge is 0.415 e. The van der Waals surface area contributed by atoms with E-state index in [-0.39, 0.29) is 12.2 Å². The Kier molecular flexibility index (Phi) is 6.85. The van der Waals surface area contributed by atoms with E-state index >= 15 is 0 Å². The van der Waals surface area contributed by atoms with Crippen LogP contribution < -0.4 is 15.0 Å². The number of hydrogen-bond donors (Lipinski definition) is 1. The Morgan fingerprint density at radius 1 is 1.25 bits per heavy atom. The van der Waals surface area contributed by atoms with Gasteiger partial charge in [0, 0.05) is 32.8 Å². The molecule has 1 aliphatic rings. The number of ether oxygens (including phenoxy) is 3. The number of pyridine rings is 1. The molecule has 11 nitrogen and oxygen atoms in total. The van der Waals surface area contributed by atoms with Gasteiger partial charge < -0.3 is 19.5 Å². The minimum absolute atomic E-state index is 0.124. The number of ketones is 1. The molecule has 0 unspecified atom stereocenters. The molecule has 1 amide bonds. The zero-order valence-electron chi connectivity index (χ0n) is 21.5. The number of aromatic nitrogens is 4. The number of amides is 1. The first-order chi connectivity index (χ1) is 17.1. The summed E-state index contributed by atoms with van der Waals surface area (Å²) in [6, 6.07) is 5.19. The largest absolute Gasteiger partial charge is 0.480 e. The Morgan fingerprint density at radius 2 is 2.00 bits per heavy atom. The van der Waals surface area contributed by atoms with Gasteiger partial charge in [0.1, 0.15) is 22.9 Å². The lowest BCUT2D eigenvalue weighted by atomic mass is 9.76. The highest BCUT2D eigenvalue weighted by atomic mass is 16.6. The van der Waals surface area contributed by atoms with Gasteiger partial charge in [0.15, 0.2) is 11.4 Å². The van der Waals surface area contributed by atoms with Gasteiger partial charge in [-0.05, 0) is 52.2 Å². The fraction of sp³-hybridized carbons (Fsp3) is 0.480. The van der Waals surface area contributed by atoms with E-state index in [1.807, 2.05) is 0 Å². The van der Waals surface area contributed by atoms with E-state index in [4.69, 9.17) is 14.2 Å². The Hall–Kier alpha value is -3.73. The van der Waals surface area contributed by atoms with Gasteiger partial charge in [0.25, 0.3) is 0 Å². The number of rotatable bonds is 8. The molecule has 192 valence electrons. The number of Topliss-reactive ketones (excluding diaryl/α,β-unsaturated/α-hetero) is 1. The van der Waals surface area contributed by atoms with Crippen LogP contribution >= 0.6 is 0 Å². The van der Waals surface area contributed by atoms with Crippen LogP contribution in [0.4, 0.5) is 22.1 Å². The number of carbonyl (C=O) groups is 2. The molecule has 1 saturated carbocycles. The maximum Gasteiger partial charge on any atom is 0.415 e. The molecular weight excluding hydrogens is 464 g/mol. The summed E-state index contributed by atoms with van der Waals surface area (Å²) in [6.07, 6.45) is 5.45. The highest BCUT2D eigenvalue weighted by Crippen LogP contribution is 2.39. The van der Waals surface area contributed by atoms with Crippen LogP contribution in [0.5, 0.6) is 5.88 Å². The normalized spacial score (nSPS) is 14.7. The van der Waals surface area contributed by atoms with E-state index in [1.165, 1.54) is 22.7 Å². The third-order valence-electron chi connectivity index (χ3n) is 6.17. The second-order valence-corrected chi connectivity index (χ2v) is 9.86. The van der Waals surface area contributed by atoms with E-state index in [0.29, 0.717) is 34.4 Å². The number of nitrogens with one attached hydrogen (secondary N) is 1. The summed E-state index contributed by atoms with van der Waals surface area (Å²) in [7, 11) is 4.73. The molecule has 0 aliphatic heterocycles. The number of fused-ring (bicyclic) bond motifs is 1. The molecule has 0 bridgehead atoms. The summed E-state index contributed by atoms with van der Waals surface area (Å²) in [6.45, 7) is 5.37. The third kappa shape index (κ3) is 5.11. The van der Waals surface area contributed by atoms with Crippen molar-refractivity contribution in [2.75, 3.05) is 31.5 Å². The predicted molar refractivity (Wildman–Crippen MR) is 134 cm³/mol. The topological polar surface area (TPSA) is 120 Å². The molecule has 1 aliphatic carbocycles. The first kappa shape index (κ1) is 25.4. The van der Waals surface area contributed by atoms with Gasteiger partial charge in [-0.25, -0.2) is 14.8 Å². The van der Waals surface area contributed by atoms with E-state index in [2.05, 4.69) is 20.4 Å². The predicted octanol–water partition coefficient (Wildman–Crippen LogP) is 4.39. The molecule has 0 aromatic carbocycles. The maximum absolute atomic E-state index is 13.3. The second kappa shape index (κ2) is 9.73. The lowest BCUT2D eigenvalue weighted by Gasteiger charge is -2.39.